The van der Waals surface area contributed by atoms with Crippen molar-refractivity contribution < 1.29 is 28.5 Å². The van der Waals surface area contributed by atoms with Crippen LogP contribution < -0.4 is 20.5 Å². The van der Waals surface area contributed by atoms with Crippen molar-refractivity contribution in [1.82, 2.24) is 0 Å². The van der Waals surface area contributed by atoms with Crippen LogP contribution in [0, 0.1) is 11.3 Å². The number of carbonyl (C=O) groups is 2. The average Bonchev–Trinajstić information content (AvgIpc) is 2.79. The molecule has 2 aromatic carbocycles. The molecule has 2 aromatic rings. The van der Waals surface area contributed by atoms with E-state index in [1.54, 1.807) is 50.2 Å². The molecule has 9 heteroatoms. The van der Waals surface area contributed by atoms with Gasteiger partial charge in [-0.25, -0.2) is 9.59 Å². The lowest BCUT2D eigenvalue weighted by Crippen LogP contribution is -2.25. The Morgan fingerprint density at radius 3 is 2.55 bits per heavy atom. The predicted molar refractivity (Wildman–Crippen MR) is 119 cm³/mol. The number of esters is 1. The monoisotopic (exact) mass is 449 g/mol. The summed E-state index contributed by atoms with van der Waals surface area (Å²) in [6.45, 7) is 3.40. The summed E-state index contributed by atoms with van der Waals surface area (Å²) in [6.07, 6.45) is -0.705. The van der Waals surface area contributed by atoms with Crippen molar-refractivity contribution in [2.45, 2.75) is 19.8 Å². The Balaban J connectivity index is 1.95. The van der Waals surface area contributed by atoms with E-state index in [0.29, 0.717) is 11.3 Å². The van der Waals surface area contributed by atoms with E-state index in [-0.39, 0.29) is 40.9 Å². The summed E-state index contributed by atoms with van der Waals surface area (Å²) in [4.78, 5) is 25.0. The van der Waals surface area contributed by atoms with E-state index in [1.165, 1.54) is 13.2 Å². The normalized spacial score (nSPS) is 15.3. The highest BCUT2D eigenvalue weighted by atomic mass is 16.6. The summed E-state index contributed by atoms with van der Waals surface area (Å²) >= 11 is 0. The fourth-order valence-electron chi connectivity index (χ4n) is 3.40. The third-order valence-corrected chi connectivity index (χ3v) is 4.84. The lowest BCUT2D eigenvalue weighted by molar-refractivity contribution is -0.139. The van der Waals surface area contributed by atoms with Crippen LogP contribution in [0.15, 0.2) is 71.3 Å². The van der Waals surface area contributed by atoms with E-state index in [9.17, 15) is 14.9 Å². The number of nitriles is 1. The summed E-state index contributed by atoms with van der Waals surface area (Å²) in [5.41, 5.74) is 7.21. The van der Waals surface area contributed by atoms with E-state index in [2.05, 4.69) is 5.32 Å². The second-order valence-electron chi connectivity index (χ2n) is 6.91. The van der Waals surface area contributed by atoms with Crippen molar-refractivity contribution >= 4 is 17.7 Å². The Kier molecular flexibility index (Phi) is 7.20. The molecule has 0 bridgehead atoms. The summed E-state index contributed by atoms with van der Waals surface area (Å²) < 4.78 is 21.4. The van der Waals surface area contributed by atoms with E-state index < -0.39 is 18.0 Å². The zero-order valence-electron chi connectivity index (χ0n) is 18.4. The number of rotatable bonds is 6. The first-order valence-corrected chi connectivity index (χ1v) is 10.1. The molecule has 0 radical (unpaired) electrons. The largest absolute Gasteiger partial charge is 0.493 e. The Labute approximate surface area is 191 Å². The first-order chi connectivity index (χ1) is 15.9. The van der Waals surface area contributed by atoms with E-state index in [0.717, 1.165) is 0 Å². The SMILES string of the molecule is CCOC(=O)C1=C(C)OC(N)=C(C#N)C1c1ccc(OC(=O)Nc2ccccc2)c(OC)c1. The van der Waals surface area contributed by atoms with E-state index in [1.807, 2.05) is 12.1 Å². The van der Waals surface area contributed by atoms with Gasteiger partial charge in [0.1, 0.15) is 17.4 Å². The highest BCUT2D eigenvalue weighted by molar-refractivity contribution is 5.92. The van der Waals surface area contributed by atoms with Gasteiger partial charge in [0.15, 0.2) is 11.5 Å². The summed E-state index contributed by atoms with van der Waals surface area (Å²) in [7, 11) is 1.41. The van der Waals surface area contributed by atoms with E-state index >= 15 is 0 Å². The molecule has 0 spiro atoms. The molecule has 0 saturated carbocycles. The van der Waals surface area contributed by atoms with Gasteiger partial charge in [0.05, 0.1) is 25.2 Å². The fraction of sp³-hybridized carbons (Fsp3) is 0.208. The van der Waals surface area contributed by atoms with E-state index in [4.69, 9.17) is 24.7 Å². The lowest BCUT2D eigenvalue weighted by atomic mass is 9.83. The number of ether oxygens (including phenoxy) is 4. The Morgan fingerprint density at radius 1 is 1.18 bits per heavy atom. The Morgan fingerprint density at radius 2 is 1.91 bits per heavy atom. The predicted octanol–water partition coefficient (Wildman–Crippen LogP) is 3.95. The van der Waals surface area contributed by atoms with Crippen LogP contribution in [-0.4, -0.2) is 25.8 Å². The molecule has 1 aliphatic heterocycles. The second-order valence-corrected chi connectivity index (χ2v) is 6.91. The van der Waals surface area contributed by atoms with Gasteiger partial charge < -0.3 is 24.7 Å². The van der Waals surface area contributed by atoms with Gasteiger partial charge in [0, 0.05) is 5.69 Å². The van der Waals surface area contributed by atoms with Crippen molar-refractivity contribution in [3.63, 3.8) is 0 Å². The standard InChI is InChI=1S/C24H23N3O6/c1-4-31-23(28)20-14(2)32-22(26)17(13-25)21(20)15-10-11-18(19(12-15)30-3)33-24(29)27-16-8-6-5-7-9-16/h5-12,21H,4,26H2,1-3H3,(H,27,29). The van der Waals surface area contributed by atoms with Crippen molar-refractivity contribution in [2.75, 3.05) is 19.0 Å². The molecule has 0 fully saturated rings. The first kappa shape index (κ1) is 23.2. The molecule has 1 aliphatic rings. The number of nitrogens with two attached hydrogens (primary N) is 1. The zero-order valence-corrected chi connectivity index (χ0v) is 18.4. The van der Waals surface area contributed by atoms with Gasteiger partial charge >= 0.3 is 12.1 Å². The third kappa shape index (κ3) is 5.07. The quantitative estimate of drug-likeness (QED) is 0.634. The van der Waals surface area contributed by atoms with Crippen molar-refractivity contribution in [2.24, 2.45) is 5.73 Å². The minimum absolute atomic E-state index is 0.0567. The number of methoxy groups -OCH3 is 1. The highest BCUT2D eigenvalue weighted by Gasteiger charge is 2.36. The number of para-hydroxylation sites is 1. The Bertz CT molecular complexity index is 1160. The highest BCUT2D eigenvalue weighted by Crippen LogP contribution is 2.42. The number of amides is 1. The molecule has 0 saturated heterocycles. The molecule has 0 aromatic heterocycles. The molecule has 0 aliphatic carbocycles. The Hall–Kier alpha value is -4.45. The molecule has 1 unspecified atom stereocenters. The van der Waals surface area contributed by atoms with Gasteiger partial charge in [-0.3, -0.25) is 5.32 Å². The van der Waals surface area contributed by atoms with Crippen LogP contribution in [0.2, 0.25) is 0 Å². The summed E-state index contributed by atoms with van der Waals surface area (Å²) in [6, 6.07) is 15.5. The summed E-state index contributed by atoms with van der Waals surface area (Å²) in [5.74, 6) is -0.966. The molecule has 33 heavy (non-hydrogen) atoms. The second kappa shape index (κ2) is 10.2. The van der Waals surface area contributed by atoms with Gasteiger partial charge in [0.25, 0.3) is 0 Å². The molecular formula is C24H23N3O6. The molecule has 1 atom stereocenters. The van der Waals surface area contributed by atoms with Gasteiger partial charge in [-0.2, -0.15) is 5.26 Å². The number of anilines is 1. The number of hydrogen-bond acceptors (Lipinski definition) is 8. The first-order valence-electron chi connectivity index (χ1n) is 10.1. The maximum atomic E-state index is 12.7. The molecule has 1 heterocycles. The van der Waals surface area contributed by atoms with Crippen molar-refractivity contribution in [1.29, 1.82) is 5.26 Å². The molecule has 3 N–H and O–H groups in total. The lowest BCUT2D eigenvalue weighted by Gasteiger charge is -2.27. The smallest absolute Gasteiger partial charge is 0.417 e. The zero-order chi connectivity index (χ0) is 24.0. The minimum Gasteiger partial charge on any atom is -0.493 e. The molecule has 3 rings (SSSR count). The van der Waals surface area contributed by atoms with Gasteiger partial charge in [-0.1, -0.05) is 24.3 Å². The van der Waals surface area contributed by atoms with Crippen LogP contribution in [0.3, 0.4) is 0 Å². The fourth-order valence-corrected chi connectivity index (χ4v) is 3.40. The number of benzene rings is 2. The number of allylic oxidation sites excluding steroid dienone is 2. The van der Waals surface area contributed by atoms with Crippen LogP contribution in [0.4, 0.5) is 10.5 Å². The van der Waals surface area contributed by atoms with Crippen LogP contribution in [0.25, 0.3) is 0 Å². The van der Waals surface area contributed by atoms with Crippen molar-refractivity contribution in [3.8, 4) is 17.6 Å². The maximum Gasteiger partial charge on any atom is 0.417 e. The molecular weight excluding hydrogens is 426 g/mol. The summed E-state index contributed by atoms with van der Waals surface area (Å²) in [5, 5.41) is 12.3. The number of nitrogens with one attached hydrogen (secondary N) is 1. The number of hydrogen-bond donors (Lipinski definition) is 2. The van der Waals surface area contributed by atoms with Gasteiger partial charge in [-0.05, 0) is 43.7 Å². The average molecular weight is 449 g/mol. The third-order valence-electron chi connectivity index (χ3n) is 4.84. The van der Waals surface area contributed by atoms with Gasteiger partial charge in [0.2, 0.25) is 5.88 Å². The molecule has 9 nitrogen and oxygen atoms in total. The topological polar surface area (TPSA) is 133 Å². The van der Waals surface area contributed by atoms with Crippen LogP contribution in [0.1, 0.15) is 25.3 Å². The number of nitrogens with zero attached hydrogens (tertiary/aromatic N) is 1. The molecule has 1 amide bonds. The van der Waals surface area contributed by atoms with Crippen LogP contribution >= 0.6 is 0 Å². The van der Waals surface area contributed by atoms with Gasteiger partial charge in [-0.15, -0.1) is 0 Å². The molecule has 170 valence electrons. The number of carbonyl (C=O) groups excluding carboxylic acids is 2. The maximum absolute atomic E-state index is 12.7. The van der Waals surface area contributed by atoms with Crippen LogP contribution in [-0.2, 0) is 14.3 Å². The van der Waals surface area contributed by atoms with Crippen LogP contribution in [0.5, 0.6) is 11.5 Å². The van der Waals surface area contributed by atoms with Crippen molar-refractivity contribution in [3.05, 3.63) is 76.9 Å². The minimum atomic E-state index is -0.844.